The molecular weight excluding hydrogens is 240 g/mol. The van der Waals surface area contributed by atoms with Gasteiger partial charge >= 0.3 is 0 Å². The van der Waals surface area contributed by atoms with Crippen LogP contribution in [0.4, 0.5) is 0 Å². The summed E-state index contributed by atoms with van der Waals surface area (Å²) in [6, 6.07) is 8.23. The molecule has 0 aliphatic carbocycles. The molecule has 1 heterocycles. The summed E-state index contributed by atoms with van der Waals surface area (Å²) < 4.78 is 5.76. The first-order valence-electron chi connectivity index (χ1n) is 6.79. The van der Waals surface area contributed by atoms with Crippen molar-refractivity contribution in [2.24, 2.45) is 5.92 Å². The first kappa shape index (κ1) is 13.9. The number of hydrogen-bond acceptors (Lipinski definition) is 3. The van der Waals surface area contributed by atoms with Crippen LogP contribution in [0, 0.1) is 5.92 Å². The first-order chi connectivity index (χ1) is 9.19. The molecule has 0 spiro atoms. The zero-order chi connectivity index (χ0) is 13.7. The maximum absolute atomic E-state index is 11.4. The van der Waals surface area contributed by atoms with Crippen LogP contribution in [0.1, 0.15) is 12.0 Å². The highest BCUT2D eigenvalue weighted by molar-refractivity contribution is 5.77. The van der Waals surface area contributed by atoms with Gasteiger partial charge in [0.2, 0.25) is 5.91 Å². The fourth-order valence-electron chi connectivity index (χ4n) is 2.55. The molecule has 104 valence electrons. The Bertz CT molecular complexity index is 434. The fraction of sp³-hybridized carbons (Fsp3) is 0.533. The number of ether oxygens (including phenoxy) is 1. The lowest BCUT2D eigenvalue weighted by Crippen LogP contribution is -2.36. The molecule has 19 heavy (non-hydrogen) atoms. The van der Waals surface area contributed by atoms with E-state index in [4.69, 9.17) is 4.74 Å². The maximum atomic E-state index is 11.4. The monoisotopic (exact) mass is 262 g/mol. The van der Waals surface area contributed by atoms with Crippen LogP contribution in [-0.2, 0) is 11.2 Å². The van der Waals surface area contributed by atoms with Crippen LogP contribution in [0.2, 0.25) is 0 Å². The molecule has 1 aliphatic heterocycles. The third-order valence-corrected chi connectivity index (χ3v) is 3.53. The zero-order valence-electron chi connectivity index (χ0n) is 11.7. The molecular formula is C15H22N2O2. The molecule has 1 N–H and O–H groups in total. The van der Waals surface area contributed by atoms with Crippen molar-refractivity contribution in [1.29, 1.82) is 0 Å². The molecule has 0 aromatic heterocycles. The summed E-state index contributed by atoms with van der Waals surface area (Å²) in [5, 5.41) is 2.66. The predicted octanol–water partition coefficient (Wildman–Crippen LogP) is 1.31. The molecule has 0 unspecified atom stereocenters. The highest BCUT2D eigenvalue weighted by Gasteiger charge is 2.19. The number of fused-ring (bicyclic) bond motifs is 1. The van der Waals surface area contributed by atoms with Crippen molar-refractivity contribution in [1.82, 2.24) is 10.2 Å². The molecule has 2 rings (SSSR count). The summed E-state index contributed by atoms with van der Waals surface area (Å²) in [5.74, 6) is 1.62. The zero-order valence-corrected chi connectivity index (χ0v) is 11.7. The average molecular weight is 262 g/mol. The van der Waals surface area contributed by atoms with E-state index in [1.165, 1.54) is 5.56 Å². The number of carbonyl (C=O) groups is 1. The van der Waals surface area contributed by atoms with Gasteiger partial charge in [0.25, 0.3) is 0 Å². The van der Waals surface area contributed by atoms with E-state index in [1.54, 1.807) is 7.05 Å². The lowest BCUT2D eigenvalue weighted by molar-refractivity contribution is -0.121. The van der Waals surface area contributed by atoms with Gasteiger partial charge in [-0.05, 0) is 37.4 Å². The highest BCUT2D eigenvalue weighted by atomic mass is 16.5. The van der Waals surface area contributed by atoms with Crippen LogP contribution in [0.3, 0.4) is 0 Å². The third kappa shape index (κ3) is 3.96. The summed E-state index contributed by atoms with van der Waals surface area (Å²) >= 11 is 0. The van der Waals surface area contributed by atoms with Crippen molar-refractivity contribution in [3.8, 4) is 5.75 Å². The second kappa shape index (κ2) is 6.57. The number of hydrogen-bond donors (Lipinski definition) is 1. The number of amides is 1. The number of carbonyl (C=O) groups excluding carboxylic acids is 1. The summed E-state index contributed by atoms with van der Waals surface area (Å²) in [6.07, 6.45) is 2.06. The number of likely N-dealkylation sites (N-methyl/N-ethyl adjacent to an activating group) is 2. The standard InChI is InChI=1S/C15H22N2O2/c1-16-15(18)11-17(2)10-12-7-8-19-14-6-4-3-5-13(14)9-12/h3-6,12H,7-11H2,1-2H3,(H,16,18)/t12-/m1/s1. The van der Waals surface area contributed by atoms with E-state index in [0.29, 0.717) is 12.5 Å². The normalized spacial score (nSPS) is 18.4. The molecule has 1 aromatic carbocycles. The van der Waals surface area contributed by atoms with E-state index in [2.05, 4.69) is 22.3 Å². The van der Waals surface area contributed by atoms with E-state index >= 15 is 0 Å². The third-order valence-electron chi connectivity index (χ3n) is 3.53. The average Bonchev–Trinajstić information content (AvgIpc) is 2.59. The van der Waals surface area contributed by atoms with E-state index in [-0.39, 0.29) is 5.91 Å². The van der Waals surface area contributed by atoms with Gasteiger partial charge in [0.05, 0.1) is 13.2 Å². The van der Waals surface area contributed by atoms with Gasteiger partial charge in [-0.25, -0.2) is 0 Å². The molecule has 0 radical (unpaired) electrons. The summed E-state index contributed by atoms with van der Waals surface area (Å²) in [7, 11) is 3.67. The van der Waals surface area contributed by atoms with Crippen LogP contribution in [0.25, 0.3) is 0 Å². The number of nitrogens with one attached hydrogen (secondary N) is 1. The number of nitrogens with zero attached hydrogens (tertiary/aromatic N) is 1. The SMILES string of the molecule is CNC(=O)CN(C)C[C@@H]1CCOc2ccccc2C1. The molecule has 4 nitrogen and oxygen atoms in total. The Morgan fingerprint density at radius 3 is 3.05 bits per heavy atom. The topological polar surface area (TPSA) is 41.6 Å². The summed E-state index contributed by atoms with van der Waals surface area (Å²) in [5.41, 5.74) is 1.28. The number of benzene rings is 1. The van der Waals surface area contributed by atoms with Crippen LogP contribution >= 0.6 is 0 Å². The van der Waals surface area contributed by atoms with Gasteiger partial charge in [0.15, 0.2) is 0 Å². The molecule has 0 saturated heterocycles. The van der Waals surface area contributed by atoms with E-state index in [1.807, 2.05) is 19.2 Å². The Labute approximate surface area is 114 Å². The Balaban J connectivity index is 1.93. The molecule has 1 aromatic rings. The van der Waals surface area contributed by atoms with Crippen molar-refractivity contribution < 1.29 is 9.53 Å². The molecule has 1 atom stereocenters. The minimum absolute atomic E-state index is 0.0628. The molecule has 4 heteroatoms. The molecule has 0 bridgehead atoms. The van der Waals surface area contributed by atoms with Gasteiger partial charge in [-0.1, -0.05) is 18.2 Å². The van der Waals surface area contributed by atoms with E-state index < -0.39 is 0 Å². The van der Waals surface area contributed by atoms with Crippen LogP contribution < -0.4 is 10.1 Å². The van der Waals surface area contributed by atoms with Crippen LogP contribution in [0.15, 0.2) is 24.3 Å². The van der Waals surface area contributed by atoms with E-state index in [0.717, 1.165) is 31.7 Å². The van der Waals surface area contributed by atoms with Crippen LogP contribution in [0.5, 0.6) is 5.75 Å². The van der Waals surface area contributed by atoms with Gasteiger partial charge in [-0.15, -0.1) is 0 Å². The lowest BCUT2D eigenvalue weighted by Gasteiger charge is -2.21. The largest absolute Gasteiger partial charge is 0.493 e. The van der Waals surface area contributed by atoms with Gasteiger partial charge in [-0.2, -0.15) is 0 Å². The van der Waals surface area contributed by atoms with Crippen molar-refractivity contribution in [2.45, 2.75) is 12.8 Å². The van der Waals surface area contributed by atoms with Crippen molar-refractivity contribution >= 4 is 5.91 Å². The Morgan fingerprint density at radius 1 is 1.47 bits per heavy atom. The summed E-state index contributed by atoms with van der Waals surface area (Å²) in [4.78, 5) is 13.4. The quantitative estimate of drug-likeness (QED) is 0.889. The lowest BCUT2D eigenvalue weighted by atomic mass is 9.96. The first-order valence-corrected chi connectivity index (χ1v) is 6.79. The molecule has 0 saturated carbocycles. The van der Waals surface area contributed by atoms with Crippen molar-refractivity contribution in [3.05, 3.63) is 29.8 Å². The Morgan fingerprint density at radius 2 is 2.26 bits per heavy atom. The second-order valence-corrected chi connectivity index (χ2v) is 5.18. The van der Waals surface area contributed by atoms with Crippen molar-refractivity contribution in [3.63, 3.8) is 0 Å². The van der Waals surface area contributed by atoms with Crippen molar-refractivity contribution in [2.75, 3.05) is 33.8 Å². The van der Waals surface area contributed by atoms with Gasteiger partial charge in [-0.3, -0.25) is 9.69 Å². The maximum Gasteiger partial charge on any atom is 0.233 e. The number of para-hydroxylation sites is 1. The van der Waals surface area contributed by atoms with E-state index in [9.17, 15) is 4.79 Å². The second-order valence-electron chi connectivity index (χ2n) is 5.18. The Kier molecular flexibility index (Phi) is 4.80. The minimum Gasteiger partial charge on any atom is -0.493 e. The highest BCUT2D eigenvalue weighted by Crippen LogP contribution is 2.26. The van der Waals surface area contributed by atoms with Gasteiger partial charge in [0, 0.05) is 13.6 Å². The molecule has 0 fully saturated rings. The number of rotatable bonds is 4. The van der Waals surface area contributed by atoms with Gasteiger partial charge < -0.3 is 10.1 Å². The molecule has 1 aliphatic rings. The smallest absolute Gasteiger partial charge is 0.233 e. The minimum atomic E-state index is 0.0628. The molecule has 1 amide bonds. The Hall–Kier alpha value is -1.55. The van der Waals surface area contributed by atoms with Gasteiger partial charge in [0.1, 0.15) is 5.75 Å². The summed E-state index contributed by atoms with van der Waals surface area (Å²) in [6.45, 7) is 2.14. The predicted molar refractivity (Wildman–Crippen MR) is 75.3 cm³/mol. The fourth-order valence-corrected chi connectivity index (χ4v) is 2.55. The van der Waals surface area contributed by atoms with Crippen LogP contribution in [-0.4, -0.2) is 44.6 Å².